The molecule has 1 atom stereocenters. The molecule has 0 amide bonds. The van der Waals surface area contributed by atoms with Crippen LogP contribution in [0.1, 0.15) is 19.3 Å². The van der Waals surface area contributed by atoms with Crippen molar-refractivity contribution in [1.82, 2.24) is 4.90 Å². The van der Waals surface area contributed by atoms with Gasteiger partial charge in [-0.1, -0.05) is 0 Å². The predicted octanol–water partition coefficient (Wildman–Crippen LogP) is 0.280. The number of aliphatic hydroxyl groups excluding tert-OH is 1. The van der Waals surface area contributed by atoms with E-state index in [0.29, 0.717) is 12.3 Å². The third-order valence-electron chi connectivity index (χ3n) is 2.44. The van der Waals surface area contributed by atoms with E-state index < -0.39 is 0 Å². The Hall–Kier alpha value is -0.410. The second kappa shape index (κ2) is 4.58. The van der Waals surface area contributed by atoms with E-state index >= 15 is 0 Å². The van der Waals surface area contributed by atoms with Gasteiger partial charge in [0.25, 0.3) is 0 Å². The van der Waals surface area contributed by atoms with Crippen molar-refractivity contribution in [3.8, 4) is 0 Å². The Morgan fingerprint density at radius 3 is 2.92 bits per heavy atom. The van der Waals surface area contributed by atoms with Crippen LogP contribution in [0.4, 0.5) is 0 Å². The molecule has 0 spiro atoms. The fourth-order valence-electron chi connectivity index (χ4n) is 1.72. The summed E-state index contributed by atoms with van der Waals surface area (Å²) in [6.07, 6.45) is 2.85. The van der Waals surface area contributed by atoms with E-state index in [1.165, 1.54) is 0 Å². The Bertz CT molecular complexity index is 159. The molecule has 70 valence electrons. The molecule has 1 aliphatic rings. The summed E-state index contributed by atoms with van der Waals surface area (Å²) >= 11 is 0. The van der Waals surface area contributed by atoms with Gasteiger partial charge in [0.15, 0.2) is 0 Å². The Labute approximate surface area is 73.4 Å². The molecule has 1 unspecified atom stereocenters. The van der Waals surface area contributed by atoms with Gasteiger partial charge in [-0.25, -0.2) is 0 Å². The highest BCUT2D eigenvalue weighted by atomic mass is 16.3. The number of nitrogens with zero attached hydrogens (tertiary/aromatic N) is 1. The van der Waals surface area contributed by atoms with Crippen LogP contribution in [-0.2, 0) is 4.79 Å². The lowest BCUT2D eigenvalue weighted by Crippen LogP contribution is -2.30. The quantitative estimate of drug-likeness (QED) is 0.660. The number of Topliss-reactive ketones (excluding diaryl/α,β-unsaturated/α-hetero) is 1. The molecule has 0 heterocycles. The van der Waals surface area contributed by atoms with Crippen molar-refractivity contribution in [3.63, 3.8) is 0 Å². The Balaban J connectivity index is 2.25. The summed E-state index contributed by atoms with van der Waals surface area (Å²) in [6.45, 7) is 1.67. The van der Waals surface area contributed by atoms with Crippen molar-refractivity contribution >= 4 is 5.78 Å². The van der Waals surface area contributed by atoms with E-state index in [1.807, 2.05) is 11.9 Å². The summed E-state index contributed by atoms with van der Waals surface area (Å²) < 4.78 is 0. The first kappa shape index (κ1) is 9.68. The molecule has 0 radical (unpaired) electrons. The molecule has 1 saturated carbocycles. The van der Waals surface area contributed by atoms with Crippen molar-refractivity contribution in [3.05, 3.63) is 0 Å². The van der Waals surface area contributed by atoms with Gasteiger partial charge in [-0.15, -0.1) is 0 Å². The molecule has 1 fully saturated rings. The Morgan fingerprint density at radius 1 is 1.67 bits per heavy atom. The lowest BCUT2D eigenvalue weighted by Gasteiger charge is -2.18. The molecular formula is C9H17NO2. The molecule has 3 heteroatoms. The maximum atomic E-state index is 11.2. The fraction of sp³-hybridized carbons (Fsp3) is 0.889. The van der Waals surface area contributed by atoms with E-state index in [9.17, 15) is 4.79 Å². The third-order valence-corrected chi connectivity index (χ3v) is 2.44. The number of ketones is 1. The number of carbonyl (C=O) groups is 1. The summed E-state index contributed by atoms with van der Waals surface area (Å²) in [7, 11) is 1.95. The van der Waals surface area contributed by atoms with Crippen LogP contribution in [0.3, 0.4) is 0 Å². The van der Waals surface area contributed by atoms with Crippen molar-refractivity contribution in [1.29, 1.82) is 0 Å². The SMILES string of the molecule is CN(CCO)CC1CCCC1=O. The van der Waals surface area contributed by atoms with Gasteiger partial charge in [0.05, 0.1) is 6.61 Å². The lowest BCUT2D eigenvalue weighted by atomic mass is 10.1. The van der Waals surface area contributed by atoms with Crippen LogP contribution in [0.25, 0.3) is 0 Å². The molecule has 3 nitrogen and oxygen atoms in total. The standard InChI is InChI=1S/C9H17NO2/c1-10(5-6-11)7-8-3-2-4-9(8)12/h8,11H,2-7H2,1H3. The van der Waals surface area contributed by atoms with Gasteiger partial charge in [-0.3, -0.25) is 4.79 Å². The largest absolute Gasteiger partial charge is 0.395 e. The second-order valence-electron chi connectivity index (χ2n) is 3.54. The van der Waals surface area contributed by atoms with Gasteiger partial charge in [0.1, 0.15) is 5.78 Å². The first-order valence-corrected chi connectivity index (χ1v) is 4.56. The minimum absolute atomic E-state index is 0.178. The van der Waals surface area contributed by atoms with E-state index in [1.54, 1.807) is 0 Å². The summed E-state index contributed by atoms with van der Waals surface area (Å²) in [5.74, 6) is 0.640. The lowest BCUT2D eigenvalue weighted by molar-refractivity contribution is -0.121. The fourth-order valence-corrected chi connectivity index (χ4v) is 1.72. The molecule has 12 heavy (non-hydrogen) atoms. The van der Waals surface area contributed by atoms with Crippen LogP contribution in [0.5, 0.6) is 0 Å². The summed E-state index contributed by atoms with van der Waals surface area (Å²) in [5.41, 5.74) is 0. The minimum Gasteiger partial charge on any atom is -0.395 e. The van der Waals surface area contributed by atoms with Gasteiger partial charge in [0.2, 0.25) is 0 Å². The zero-order chi connectivity index (χ0) is 8.97. The predicted molar refractivity (Wildman–Crippen MR) is 46.9 cm³/mol. The summed E-state index contributed by atoms with van der Waals surface area (Å²) in [5, 5.41) is 8.65. The molecule has 0 aromatic heterocycles. The number of aliphatic hydroxyl groups is 1. The molecule has 0 aliphatic heterocycles. The van der Waals surface area contributed by atoms with Gasteiger partial charge < -0.3 is 10.0 Å². The number of hydrogen-bond donors (Lipinski definition) is 1. The molecule has 1 N–H and O–H groups in total. The first-order valence-electron chi connectivity index (χ1n) is 4.56. The topological polar surface area (TPSA) is 40.5 Å². The molecule has 0 saturated heterocycles. The highest BCUT2D eigenvalue weighted by Crippen LogP contribution is 2.21. The average Bonchev–Trinajstić information content (AvgIpc) is 2.37. The van der Waals surface area contributed by atoms with Gasteiger partial charge in [-0.05, 0) is 19.9 Å². The van der Waals surface area contributed by atoms with Crippen LogP contribution in [-0.4, -0.2) is 42.5 Å². The van der Waals surface area contributed by atoms with Gasteiger partial charge in [-0.2, -0.15) is 0 Å². The first-order chi connectivity index (χ1) is 5.74. The van der Waals surface area contributed by atoms with E-state index in [-0.39, 0.29) is 12.5 Å². The monoisotopic (exact) mass is 171 g/mol. The van der Waals surface area contributed by atoms with Crippen LogP contribution in [0.15, 0.2) is 0 Å². The third kappa shape index (κ3) is 2.57. The number of likely N-dealkylation sites (N-methyl/N-ethyl adjacent to an activating group) is 1. The normalized spacial score (nSPS) is 23.9. The van der Waals surface area contributed by atoms with Crippen molar-refractivity contribution in [2.24, 2.45) is 5.92 Å². The molecular weight excluding hydrogens is 154 g/mol. The zero-order valence-corrected chi connectivity index (χ0v) is 7.62. The van der Waals surface area contributed by atoms with Crippen molar-refractivity contribution in [2.75, 3.05) is 26.7 Å². The van der Waals surface area contributed by atoms with Crippen LogP contribution in [0.2, 0.25) is 0 Å². The summed E-state index contributed by atoms with van der Waals surface area (Å²) in [4.78, 5) is 13.2. The minimum atomic E-state index is 0.178. The maximum Gasteiger partial charge on any atom is 0.137 e. The smallest absolute Gasteiger partial charge is 0.137 e. The molecule has 1 aliphatic carbocycles. The van der Waals surface area contributed by atoms with Crippen LogP contribution >= 0.6 is 0 Å². The van der Waals surface area contributed by atoms with Gasteiger partial charge >= 0.3 is 0 Å². The van der Waals surface area contributed by atoms with Crippen molar-refractivity contribution < 1.29 is 9.90 Å². The average molecular weight is 171 g/mol. The molecule has 0 aromatic carbocycles. The molecule has 1 rings (SSSR count). The number of rotatable bonds is 4. The highest BCUT2D eigenvalue weighted by Gasteiger charge is 2.24. The molecule has 0 bridgehead atoms. The van der Waals surface area contributed by atoms with Crippen molar-refractivity contribution in [2.45, 2.75) is 19.3 Å². The van der Waals surface area contributed by atoms with E-state index in [0.717, 1.165) is 25.8 Å². The Morgan fingerprint density at radius 2 is 2.42 bits per heavy atom. The molecule has 0 aromatic rings. The Kier molecular flexibility index (Phi) is 3.69. The van der Waals surface area contributed by atoms with Crippen LogP contribution in [0, 0.1) is 5.92 Å². The maximum absolute atomic E-state index is 11.2. The van der Waals surface area contributed by atoms with Gasteiger partial charge in [0, 0.05) is 25.4 Å². The highest BCUT2D eigenvalue weighted by molar-refractivity contribution is 5.83. The van der Waals surface area contributed by atoms with Crippen LogP contribution < -0.4 is 0 Å². The zero-order valence-electron chi connectivity index (χ0n) is 7.62. The van der Waals surface area contributed by atoms with E-state index in [2.05, 4.69) is 0 Å². The number of hydrogen-bond acceptors (Lipinski definition) is 3. The van der Waals surface area contributed by atoms with E-state index in [4.69, 9.17) is 5.11 Å². The second-order valence-corrected chi connectivity index (χ2v) is 3.54. The summed E-state index contributed by atoms with van der Waals surface area (Å²) in [6, 6.07) is 0. The number of carbonyl (C=O) groups excluding carboxylic acids is 1.